The highest BCUT2D eigenvalue weighted by atomic mass is 19.4. The van der Waals surface area contributed by atoms with E-state index < -0.39 is 24.3 Å². The standard InChI is InChI=1S/C18H20N2O3.2C2HF3O2/c21-16-5-7-20(15(16)8-13-2-1-6-19-10-13)11-14-3-4-17-18(9-14)23-12-22-17;2*3-2(4,5)1(6)7/h1-4,6,9-10,15-16,21H,5,7-8,11-12H2;2*(H,6,7)/t15-,16+;;/m0../s1. The van der Waals surface area contributed by atoms with E-state index in [1.54, 1.807) is 6.20 Å². The zero-order valence-electron chi connectivity index (χ0n) is 18.9. The van der Waals surface area contributed by atoms with E-state index in [0.29, 0.717) is 6.79 Å². The van der Waals surface area contributed by atoms with Gasteiger partial charge < -0.3 is 24.8 Å². The number of aliphatic hydroxyl groups is 1. The lowest BCUT2D eigenvalue weighted by Gasteiger charge is -2.26. The van der Waals surface area contributed by atoms with Crippen LogP contribution in [0.4, 0.5) is 26.3 Å². The molecule has 1 fully saturated rings. The second-order valence-corrected chi connectivity index (χ2v) is 7.75. The smallest absolute Gasteiger partial charge is 0.475 e. The van der Waals surface area contributed by atoms with Crippen molar-refractivity contribution in [2.75, 3.05) is 13.3 Å². The number of hydrogen-bond donors (Lipinski definition) is 3. The molecule has 4 rings (SSSR count). The van der Waals surface area contributed by atoms with Gasteiger partial charge in [-0.2, -0.15) is 26.3 Å². The number of ether oxygens (including phenoxy) is 2. The summed E-state index contributed by atoms with van der Waals surface area (Å²) in [4.78, 5) is 24.3. The number of fused-ring (bicyclic) bond motifs is 1. The first-order chi connectivity index (χ1) is 17.2. The van der Waals surface area contributed by atoms with Crippen LogP contribution in [0.15, 0.2) is 42.7 Å². The quantitative estimate of drug-likeness (QED) is 0.501. The van der Waals surface area contributed by atoms with Crippen LogP contribution in [0, 0.1) is 0 Å². The second-order valence-electron chi connectivity index (χ2n) is 7.75. The predicted molar refractivity (Wildman–Crippen MR) is 113 cm³/mol. The van der Waals surface area contributed by atoms with Crippen molar-refractivity contribution in [1.29, 1.82) is 0 Å². The fourth-order valence-electron chi connectivity index (χ4n) is 3.40. The molecule has 1 aromatic heterocycles. The van der Waals surface area contributed by atoms with E-state index in [9.17, 15) is 31.4 Å². The topological polar surface area (TPSA) is 129 Å². The van der Waals surface area contributed by atoms with E-state index in [1.807, 2.05) is 24.4 Å². The number of rotatable bonds is 4. The Kier molecular flexibility index (Phi) is 10.1. The number of carbonyl (C=O) groups is 2. The second kappa shape index (κ2) is 12.6. The third-order valence-electron chi connectivity index (χ3n) is 5.10. The summed E-state index contributed by atoms with van der Waals surface area (Å²) in [5, 5.41) is 24.6. The third kappa shape index (κ3) is 9.42. The van der Waals surface area contributed by atoms with Gasteiger partial charge in [0.15, 0.2) is 11.5 Å². The lowest BCUT2D eigenvalue weighted by atomic mass is 10.0. The Morgan fingerprint density at radius 3 is 2.11 bits per heavy atom. The van der Waals surface area contributed by atoms with Gasteiger partial charge in [-0.3, -0.25) is 9.88 Å². The molecule has 2 aliphatic heterocycles. The van der Waals surface area contributed by atoms with Crippen LogP contribution >= 0.6 is 0 Å². The molecule has 0 spiro atoms. The van der Waals surface area contributed by atoms with Crippen LogP contribution in [0.3, 0.4) is 0 Å². The summed E-state index contributed by atoms with van der Waals surface area (Å²) in [6, 6.07) is 10.2. The van der Waals surface area contributed by atoms with Gasteiger partial charge in [0.25, 0.3) is 0 Å². The van der Waals surface area contributed by atoms with E-state index in [0.717, 1.165) is 43.0 Å². The Morgan fingerprint density at radius 2 is 1.57 bits per heavy atom. The Balaban J connectivity index is 0.000000286. The number of alkyl halides is 6. The van der Waals surface area contributed by atoms with E-state index in [2.05, 4.69) is 22.0 Å². The van der Waals surface area contributed by atoms with Crippen LogP contribution < -0.4 is 9.47 Å². The number of aliphatic carboxylic acids is 2. The SMILES string of the molecule is O=C(O)C(F)(F)F.O=C(O)C(F)(F)F.O[C@@H]1CCN(Cc2ccc3c(c2)OCO3)[C@H]1Cc1cccnc1. The first-order valence-corrected chi connectivity index (χ1v) is 10.5. The van der Waals surface area contributed by atoms with Gasteiger partial charge in [0, 0.05) is 31.5 Å². The Bertz CT molecular complexity index is 1030. The Hall–Kier alpha value is -3.59. The lowest BCUT2D eigenvalue weighted by molar-refractivity contribution is -0.193. The molecule has 37 heavy (non-hydrogen) atoms. The summed E-state index contributed by atoms with van der Waals surface area (Å²) in [5.74, 6) is -3.90. The van der Waals surface area contributed by atoms with Crippen molar-refractivity contribution in [2.24, 2.45) is 0 Å². The zero-order chi connectivity index (χ0) is 27.8. The number of benzene rings is 1. The summed E-state index contributed by atoms with van der Waals surface area (Å²) in [7, 11) is 0. The van der Waals surface area contributed by atoms with Gasteiger partial charge in [-0.1, -0.05) is 12.1 Å². The van der Waals surface area contributed by atoms with Crippen molar-refractivity contribution < 1.29 is 60.7 Å². The number of nitrogens with zero attached hydrogens (tertiary/aromatic N) is 2. The van der Waals surface area contributed by atoms with Crippen LogP contribution in [0.1, 0.15) is 17.5 Å². The molecular weight excluding hydrogens is 518 g/mol. The fraction of sp³-hybridized carbons (Fsp3) is 0.409. The maximum atomic E-state index is 10.6. The number of aromatic nitrogens is 1. The molecule has 2 aromatic rings. The largest absolute Gasteiger partial charge is 0.490 e. The van der Waals surface area contributed by atoms with Crippen molar-refractivity contribution in [1.82, 2.24) is 9.88 Å². The third-order valence-corrected chi connectivity index (χ3v) is 5.10. The van der Waals surface area contributed by atoms with Crippen LogP contribution in [0.5, 0.6) is 11.5 Å². The summed E-state index contributed by atoms with van der Waals surface area (Å²) < 4.78 is 74.3. The molecule has 3 heterocycles. The van der Waals surface area contributed by atoms with Crippen LogP contribution in [-0.2, 0) is 22.6 Å². The molecule has 2 atom stereocenters. The molecule has 3 N–H and O–H groups in total. The summed E-state index contributed by atoms with van der Waals surface area (Å²) in [6.45, 7) is 2.00. The average molecular weight is 540 g/mol. The first-order valence-electron chi connectivity index (χ1n) is 10.5. The van der Waals surface area contributed by atoms with Gasteiger partial charge in [-0.15, -0.1) is 0 Å². The minimum absolute atomic E-state index is 0.129. The van der Waals surface area contributed by atoms with Crippen LogP contribution in [0.2, 0.25) is 0 Å². The van der Waals surface area contributed by atoms with E-state index in [-0.39, 0.29) is 12.1 Å². The average Bonchev–Trinajstić information content (AvgIpc) is 3.41. The fourth-order valence-corrected chi connectivity index (χ4v) is 3.40. The van der Waals surface area contributed by atoms with Crippen molar-refractivity contribution in [2.45, 2.75) is 43.9 Å². The molecule has 2 aliphatic rings. The molecule has 204 valence electrons. The Morgan fingerprint density at radius 1 is 0.973 bits per heavy atom. The summed E-state index contributed by atoms with van der Waals surface area (Å²) in [6.07, 6.45) is -5.16. The number of hydrogen-bond acceptors (Lipinski definition) is 7. The lowest BCUT2D eigenvalue weighted by Crippen LogP contribution is -2.36. The molecule has 9 nitrogen and oxygen atoms in total. The molecule has 0 aliphatic carbocycles. The van der Waals surface area contributed by atoms with Crippen molar-refractivity contribution in [3.05, 3.63) is 53.9 Å². The molecule has 1 saturated heterocycles. The van der Waals surface area contributed by atoms with Crippen molar-refractivity contribution in [3.8, 4) is 11.5 Å². The van der Waals surface area contributed by atoms with Gasteiger partial charge in [0.1, 0.15) is 0 Å². The van der Waals surface area contributed by atoms with Gasteiger partial charge in [0.2, 0.25) is 6.79 Å². The van der Waals surface area contributed by atoms with Crippen LogP contribution in [0.25, 0.3) is 0 Å². The number of carboxylic acids is 2. The maximum Gasteiger partial charge on any atom is 0.490 e. The number of likely N-dealkylation sites (tertiary alicyclic amines) is 1. The number of aliphatic hydroxyl groups excluding tert-OH is 1. The minimum Gasteiger partial charge on any atom is -0.475 e. The van der Waals surface area contributed by atoms with E-state index >= 15 is 0 Å². The molecule has 0 saturated carbocycles. The van der Waals surface area contributed by atoms with Crippen LogP contribution in [-0.4, -0.2) is 75.0 Å². The zero-order valence-corrected chi connectivity index (χ0v) is 18.9. The normalized spacial score (nSPS) is 18.8. The van der Waals surface area contributed by atoms with Gasteiger partial charge in [-0.25, -0.2) is 9.59 Å². The molecule has 15 heteroatoms. The van der Waals surface area contributed by atoms with Gasteiger partial charge in [0.05, 0.1) is 6.10 Å². The highest BCUT2D eigenvalue weighted by Gasteiger charge is 2.39. The van der Waals surface area contributed by atoms with E-state index in [4.69, 9.17) is 29.3 Å². The highest BCUT2D eigenvalue weighted by molar-refractivity contribution is 5.73. The molecule has 0 amide bonds. The summed E-state index contributed by atoms with van der Waals surface area (Å²) >= 11 is 0. The summed E-state index contributed by atoms with van der Waals surface area (Å²) in [5.41, 5.74) is 2.34. The highest BCUT2D eigenvalue weighted by Crippen LogP contribution is 2.33. The molecule has 0 unspecified atom stereocenters. The molecular formula is C22H22F6N2O7. The number of pyridine rings is 1. The predicted octanol–water partition coefficient (Wildman–Crippen LogP) is 3.25. The Labute approximate surface area is 205 Å². The van der Waals surface area contributed by atoms with Crippen molar-refractivity contribution >= 4 is 11.9 Å². The first kappa shape index (κ1) is 29.6. The maximum absolute atomic E-state index is 10.6. The van der Waals surface area contributed by atoms with Gasteiger partial charge >= 0.3 is 24.3 Å². The molecule has 1 aromatic carbocycles. The van der Waals surface area contributed by atoms with Crippen molar-refractivity contribution in [3.63, 3.8) is 0 Å². The number of halogens is 6. The van der Waals surface area contributed by atoms with E-state index in [1.165, 1.54) is 5.56 Å². The monoisotopic (exact) mass is 540 g/mol. The minimum atomic E-state index is -5.08. The molecule has 0 bridgehead atoms. The molecule has 0 radical (unpaired) electrons. The van der Waals surface area contributed by atoms with Gasteiger partial charge in [-0.05, 0) is 42.2 Å². The number of carboxylic acid groups (broad SMARTS) is 2.